The summed E-state index contributed by atoms with van der Waals surface area (Å²) >= 11 is 0. The van der Waals surface area contributed by atoms with E-state index in [9.17, 15) is 4.79 Å². The molecule has 7 nitrogen and oxygen atoms in total. The first-order chi connectivity index (χ1) is 12.7. The Morgan fingerprint density at radius 3 is 3.08 bits per heavy atom. The maximum absolute atomic E-state index is 12.5. The molecule has 2 aromatic heterocycles. The number of carbonyl (C=O) groups is 1. The molecule has 0 spiro atoms. The van der Waals surface area contributed by atoms with E-state index in [1.165, 1.54) is 5.56 Å². The number of nitrogens with one attached hydrogen (secondary N) is 2. The third-order valence-corrected chi connectivity index (χ3v) is 4.70. The minimum Gasteiger partial charge on any atom is -0.461 e. The first-order valence-electron chi connectivity index (χ1n) is 8.80. The second-order valence-electron chi connectivity index (χ2n) is 6.37. The van der Waals surface area contributed by atoms with Crippen LogP contribution in [0.25, 0.3) is 11.6 Å². The number of hydrogen-bond donors (Lipinski definition) is 2. The molecule has 1 atom stereocenters. The van der Waals surface area contributed by atoms with E-state index in [1.54, 1.807) is 12.3 Å². The molecule has 0 saturated carbocycles. The van der Waals surface area contributed by atoms with Crippen LogP contribution in [0.15, 0.2) is 47.1 Å². The van der Waals surface area contributed by atoms with Crippen LogP contribution in [-0.4, -0.2) is 40.2 Å². The molecule has 0 aliphatic carbocycles. The minimum atomic E-state index is -0.202. The number of H-pyrrole nitrogens is 1. The van der Waals surface area contributed by atoms with Gasteiger partial charge in [-0.1, -0.05) is 18.2 Å². The number of para-hydroxylation sites is 1. The summed E-state index contributed by atoms with van der Waals surface area (Å²) in [5.74, 6) is 1.89. The highest BCUT2D eigenvalue weighted by Gasteiger charge is 2.27. The van der Waals surface area contributed by atoms with Gasteiger partial charge in [-0.15, -0.1) is 0 Å². The molecule has 134 valence electrons. The summed E-state index contributed by atoms with van der Waals surface area (Å²) < 4.78 is 5.27. The highest BCUT2D eigenvalue weighted by molar-refractivity contribution is 5.85. The highest BCUT2D eigenvalue weighted by atomic mass is 16.3. The fourth-order valence-electron chi connectivity index (χ4n) is 3.28. The summed E-state index contributed by atoms with van der Waals surface area (Å²) in [5.41, 5.74) is 2.47. The van der Waals surface area contributed by atoms with Gasteiger partial charge in [-0.05, 0) is 37.1 Å². The average molecular weight is 351 g/mol. The Morgan fingerprint density at radius 1 is 1.35 bits per heavy atom. The van der Waals surface area contributed by atoms with Gasteiger partial charge in [0, 0.05) is 25.2 Å². The number of hydrogen-bond acceptors (Lipinski definition) is 5. The van der Waals surface area contributed by atoms with Crippen molar-refractivity contribution in [2.75, 3.05) is 18.0 Å². The van der Waals surface area contributed by atoms with Crippen LogP contribution in [0.3, 0.4) is 0 Å². The van der Waals surface area contributed by atoms with Gasteiger partial charge in [0.15, 0.2) is 5.76 Å². The van der Waals surface area contributed by atoms with E-state index in [1.807, 2.05) is 25.1 Å². The number of amides is 1. The zero-order valence-corrected chi connectivity index (χ0v) is 14.6. The molecule has 1 aromatic carbocycles. The molecule has 0 saturated heterocycles. The van der Waals surface area contributed by atoms with Crippen LogP contribution in [0.4, 0.5) is 5.69 Å². The molecule has 3 heterocycles. The number of fused-ring (bicyclic) bond motifs is 1. The van der Waals surface area contributed by atoms with Gasteiger partial charge < -0.3 is 14.6 Å². The lowest BCUT2D eigenvalue weighted by atomic mass is 10.1. The average Bonchev–Trinajstić information content (AvgIpc) is 3.40. The van der Waals surface area contributed by atoms with E-state index < -0.39 is 0 Å². The van der Waals surface area contributed by atoms with Crippen molar-refractivity contribution >= 4 is 11.6 Å². The Bertz CT molecular complexity index is 887. The molecule has 26 heavy (non-hydrogen) atoms. The SMILES string of the molecule is C[C@@H](C(=O)NCCc1nc(-c2ccco2)n[nH]1)N1CCc2ccccc21. The Hall–Kier alpha value is -3.09. The van der Waals surface area contributed by atoms with Crippen molar-refractivity contribution in [2.24, 2.45) is 0 Å². The number of anilines is 1. The molecule has 1 amide bonds. The highest BCUT2D eigenvalue weighted by Crippen LogP contribution is 2.29. The summed E-state index contributed by atoms with van der Waals surface area (Å²) in [6, 6.07) is 11.7. The standard InChI is InChI=1S/C19H21N5O2/c1-13(24-11-9-14-5-2-3-6-15(14)24)19(25)20-10-8-17-21-18(23-22-17)16-7-4-12-26-16/h2-7,12-13H,8-11H2,1H3,(H,20,25)(H,21,22,23)/t13-/m0/s1. The van der Waals surface area contributed by atoms with Crippen molar-refractivity contribution in [1.29, 1.82) is 0 Å². The lowest BCUT2D eigenvalue weighted by Crippen LogP contribution is -2.45. The molecule has 0 bridgehead atoms. The van der Waals surface area contributed by atoms with Crippen molar-refractivity contribution in [1.82, 2.24) is 20.5 Å². The van der Waals surface area contributed by atoms with Gasteiger partial charge in [0.1, 0.15) is 11.9 Å². The molecule has 0 unspecified atom stereocenters. The lowest BCUT2D eigenvalue weighted by Gasteiger charge is -2.26. The zero-order valence-electron chi connectivity index (χ0n) is 14.6. The molecule has 7 heteroatoms. The van der Waals surface area contributed by atoms with Gasteiger partial charge >= 0.3 is 0 Å². The number of benzene rings is 1. The van der Waals surface area contributed by atoms with Crippen molar-refractivity contribution in [2.45, 2.75) is 25.8 Å². The molecule has 0 fully saturated rings. The molecule has 3 aromatic rings. The zero-order chi connectivity index (χ0) is 17.9. The predicted octanol–water partition coefficient (Wildman–Crippen LogP) is 2.17. The predicted molar refractivity (Wildman–Crippen MR) is 97.8 cm³/mol. The van der Waals surface area contributed by atoms with Crippen molar-refractivity contribution in [3.63, 3.8) is 0 Å². The van der Waals surface area contributed by atoms with Gasteiger partial charge in [0.25, 0.3) is 0 Å². The summed E-state index contributed by atoms with van der Waals surface area (Å²) in [6.45, 7) is 3.33. The normalized spacial score (nSPS) is 14.3. The fourth-order valence-corrected chi connectivity index (χ4v) is 3.28. The number of aromatic nitrogens is 3. The second kappa shape index (κ2) is 7.03. The van der Waals surface area contributed by atoms with Crippen LogP contribution in [0.2, 0.25) is 0 Å². The Kier molecular flexibility index (Phi) is 4.43. The summed E-state index contributed by atoms with van der Waals surface area (Å²) in [4.78, 5) is 19.0. The molecular weight excluding hydrogens is 330 g/mol. The van der Waals surface area contributed by atoms with Crippen LogP contribution in [0.1, 0.15) is 18.3 Å². The first kappa shape index (κ1) is 16.4. The van der Waals surface area contributed by atoms with Gasteiger partial charge in [-0.3, -0.25) is 9.89 Å². The van der Waals surface area contributed by atoms with Crippen LogP contribution in [0.5, 0.6) is 0 Å². The fraction of sp³-hybridized carbons (Fsp3) is 0.316. The smallest absolute Gasteiger partial charge is 0.242 e. The summed E-state index contributed by atoms with van der Waals surface area (Å²) in [5, 5.41) is 10.0. The van der Waals surface area contributed by atoms with E-state index in [4.69, 9.17) is 4.42 Å². The van der Waals surface area contributed by atoms with E-state index in [0.29, 0.717) is 24.6 Å². The maximum Gasteiger partial charge on any atom is 0.242 e. The van der Waals surface area contributed by atoms with Gasteiger partial charge in [-0.2, -0.15) is 5.10 Å². The first-order valence-corrected chi connectivity index (χ1v) is 8.80. The Balaban J connectivity index is 1.30. The molecule has 2 N–H and O–H groups in total. The van der Waals surface area contributed by atoms with Crippen LogP contribution in [-0.2, 0) is 17.6 Å². The monoisotopic (exact) mass is 351 g/mol. The summed E-state index contributed by atoms with van der Waals surface area (Å²) in [6.07, 6.45) is 3.16. The van der Waals surface area contributed by atoms with Crippen molar-refractivity contribution in [3.8, 4) is 11.6 Å². The van der Waals surface area contributed by atoms with Gasteiger partial charge in [0.05, 0.1) is 6.26 Å². The number of rotatable bonds is 6. The molecule has 1 aliphatic heterocycles. The number of nitrogens with zero attached hydrogens (tertiary/aromatic N) is 3. The van der Waals surface area contributed by atoms with E-state index in [0.717, 1.165) is 24.5 Å². The number of aromatic amines is 1. The maximum atomic E-state index is 12.5. The van der Waals surface area contributed by atoms with Gasteiger partial charge in [0.2, 0.25) is 11.7 Å². The minimum absolute atomic E-state index is 0.0208. The van der Waals surface area contributed by atoms with E-state index in [2.05, 4.69) is 37.5 Å². The van der Waals surface area contributed by atoms with Crippen molar-refractivity contribution in [3.05, 3.63) is 54.0 Å². The summed E-state index contributed by atoms with van der Waals surface area (Å²) in [7, 11) is 0. The van der Waals surface area contributed by atoms with Crippen LogP contribution in [0, 0.1) is 0 Å². The van der Waals surface area contributed by atoms with E-state index in [-0.39, 0.29) is 11.9 Å². The topological polar surface area (TPSA) is 87.0 Å². The van der Waals surface area contributed by atoms with Crippen LogP contribution >= 0.6 is 0 Å². The second-order valence-corrected chi connectivity index (χ2v) is 6.37. The largest absolute Gasteiger partial charge is 0.461 e. The van der Waals surface area contributed by atoms with Crippen LogP contribution < -0.4 is 10.2 Å². The lowest BCUT2D eigenvalue weighted by molar-refractivity contribution is -0.122. The molecule has 4 rings (SSSR count). The Labute approximate surface area is 151 Å². The Morgan fingerprint density at radius 2 is 2.23 bits per heavy atom. The van der Waals surface area contributed by atoms with Crippen molar-refractivity contribution < 1.29 is 9.21 Å². The number of carbonyl (C=O) groups excluding carboxylic acids is 1. The third kappa shape index (κ3) is 3.20. The number of furan rings is 1. The molecule has 0 radical (unpaired) electrons. The van der Waals surface area contributed by atoms with Gasteiger partial charge in [-0.25, -0.2) is 4.98 Å². The third-order valence-electron chi connectivity index (χ3n) is 4.70. The molecule has 1 aliphatic rings. The quantitative estimate of drug-likeness (QED) is 0.711. The molecular formula is C19H21N5O2. The van der Waals surface area contributed by atoms with E-state index >= 15 is 0 Å².